The molecule has 0 saturated heterocycles. The van der Waals surface area contributed by atoms with Crippen molar-refractivity contribution in [1.82, 2.24) is 15.5 Å². The average Bonchev–Trinajstić information content (AvgIpc) is 3.20. The van der Waals surface area contributed by atoms with E-state index in [1.165, 1.54) is 4.90 Å². The van der Waals surface area contributed by atoms with Gasteiger partial charge in [0.05, 0.1) is 12.1 Å². The number of ether oxygens (including phenoxy) is 1. The second-order valence-corrected chi connectivity index (χ2v) is 7.36. The van der Waals surface area contributed by atoms with Crippen LogP contribution in [-0.2, 0) is 11.2 Å². The van der Waals surface area contributed by atoms with Crippen LogP contribution >= 0.6 is 0 Å². The van der Waals surface area contributed by atoms with Crippen LogP contribution in [0.25, 0.3) is 5.57 Å². The van der Waals surface area contributed by atoms with Gasteiger partial charge in [-0.25, -0.2) is 0 Å². The summed E-state index contributed by atoms with van der Waals surface area (Å²) in [7, 11) is 1.64. The Morgan fingerprint density at radius 3 is 2.74 bits per heavy atom. The van der Waals surface area contributed by atoms with Gasteiger partial charge < -0.3 is 19.4 Å². The number of carbonyl (C=O) groups excluding carboxylic acids is 2. The van der Waals surface area contributed by atoms with Gasteiger partial charge >= 0.3 is 11.8 Å². The maximum Gasteiger partial charge on any atom is 0.309 e. The van der Waals surface area contributed by atoms with Crippen LogP contribution in [0, 0.1) is 0 Å². The smallest absolute Gasteiger partial charge is 0.309 e. The van der Waals surface area contributed by atoms with Crippen LogP contribution in [0.15, 0.2) is 59.5 Å². The Balaban J connectivity index is 1.46. The summed E-state index contributed by atoms with van der Waals surface area (Å²) < 4.78 is 11.3. The van der Waals surface area contributed by atoms with Crippen molar-refractivity contribution in [3.63, 3.8) is 0 Å². The Labute approximate surface area is 179 Å². The Morgan fingerprint density at radius 1 is 1.23 bits per heavy atom. The molecule has 2 amide bonds. The number of fused-ring (bicyclic) bond motifs is 1. The molecular weight excluding hydrogens is 396 g/mol. The maximum absolute atomic E-state index is 12.9. The molecule has 8 heteroatoms. The van der Waals surface area contributed by atoms with Crippen molar-refractivity contribution in [3.8, 4) is 5.75 Å². The van der Waals surface area contributed by atoms with Crippen LogP contribution in [0.5, 0.6) is 5.75 Å². The fourth-order valence-corrected chi connectivity index (χ4v) is 3.28. The fraction of sp³-hybridized carbons (Fsp3) is 0.217. The number of rotatable bonds is 5. The van der Waals surface area contributed by atoms with E-state index in [2.05, 4.69) is 22.1 Å². The molecule has 1 aromatic heterocycles. The third-order valence-corrected chi connectivity index (χ3v) is 5.01. The van der Waals surface area contributed by atoms with Gasteiger partial charge in [-0.1, -0.05) is 48.6 Å². The lowest BCUT2D eigenvalue weighted by molar-refractivity contribution is -0.120. The third-order valence-electron chi connectivity index (χ3n) is 5.01. The van der Waals surface area contributed by atoms with Crippen molar-refractivity contribution < 1.29 is 18.7 Å². The second kappa shape index (κ2) is 8.43. The molecule has 1 aliphatic heterocycles. The summed E-state index contributed by atoms with van der Waals surface area (Å²) in [5.41, 5.74) is 3.41. The first-order valence-corrected chi connectivity index (χ1v) is 9.80. The van der Waals surface area contributed by atoms with Gasteiger partial charge in [-0.05, 0) is 30.2 Å². The predicted octanol–water partition coefficient (Wildman–Crippen LogP) is 2.85. The fourth-order valence-electron chi connectivity index (χ4n) is 3.28. The highest BCUT2D eigenvalue weighted by molar-refractivity contribution is 6.02. The number of aromatic nitrogens is 2. The van der Waals surface area contributed by atoms with Gasteiger partial charge in [0.25, 0.3) is 5.91 Å². The van der Waals surface area contributed by atoms with E-state index < -0.39 is 11.9 Å². The van der Waals surface area contributed by atoms with Crippen LogP contribution in [0.1, 0.15) is 34.6 Å². The first-order valence-electron chi connectivity index (χ1n) is 9.80. The molecule has 1 N–H and O–H groups in total. The van der Waals surface area contributed by atoms with Gasteiger partial charge in [0.15, 0.2) is 0 Å². The van der Waals surface area contributed by atoms with Gasteiger partial charge in [0.1, 0.15) is 18.4 Å². The molecule has 0 radical (unpaired) electrons. The molecule has 4 rings (SSSR count). The number of anilines is 1. The van der Waals surface area contributed by atoms with Crippen molar-refractivity contribution in [1.29, 1.82) is 0 Å². The number of benzene rings is 2. The number of hydrogen-bond acceptors (Lipinski definition) is 6. The molecule has 0 spiro atoms. The van der Waals surface area contributed by atoms with E-state index in [-0.39, 0.29) is 18.4 Å². The molecule has 0 fully saturated rings. The number of hydrogen-bond donors (Lipinski definition) is 1. The van der Waals surface area contributed by atoms with Gasteiger partial charge in [-0.2, -0.15) is 0 Å². The normalized spacial score (nSPS) is 15.6. The molecule has 1 atom stereocenters. The Kier molecular flexibility index (Phi) is 5.53. The molecule has 0 saturated carbocycles. The third kappa shape index (κ3) is 4.32. The molecule has 2 aromatic carbocycles. The summed E-state index contributed by atoms with van der Waals surface area (Å²) in [6.07, 6.45) is 0.412. The van der Waals surface area contributed by atoms with E-state index >= 15 is 0 Å². The van der Waals surface area contributed by atoms with Crippen LogP contribution in [0.4, 0.5) is 5.69 Å². The van der Waals surface area contributed by atoms with E-state index in [4.69, 9.17) is 9.15 Å². The minimum atomic E-state index is -0.900. The lowest BCUT2D eigenvalue weighted by Gasteiger charge is -2.20. The molecular formula is C23H22N4O4. The lowest BCUT2D eigenvalue weighted by Crippen LogP contribution is -2.49. The highest BCUT2D eigenvalue weighted by Gasteiger charge is 2.32. The standard InChI is InChI=1S/C23H22N4O4/c1-14(2)16-9-10-18-19(12-16)30-13-17(23(29)27(18)3)24-21(28)22-26-25-20(31-22)11-15-7-5-4-6-8-15/h4-10,12,17H,1,11,13H2,2-3H3,(H,24,28). The second-order valence-electron chi connectivity index (χ2n) is 7.36. The van der Waals surface area contributed by atoms with Crippen molar-refractivity contribution in [2.75, 3.05) is 18.6 Å². The van der Waals surface area contributed by atoms with Crippen molar-refractivity contribution >= 4 is 23.1 Å². The average molecular weight is 418 g/mol. The van der Waals surface area contributed by atoms with Crippen LogP contribution in [-0.4, -0.2) is 41.7 Å². The van der Waals surface area contributed by atoms with Crippen molar-refractivity contribution in [2.24, 2.45) is 0 Å². The van der Waals surface area contributed by atoms with E-state index in [0.29, 0.717) is 23.7 Å². The number of nitrogens with zero attached hydrogens (tertiary/aromatic N) is 3. The maximum atomic E-state index is 12.9. The van der Waals surface area contributed by atoms with Gasteiger partial charge in [0, 0.05) is 7.05 Å². The van der Waals surface area contributed by atoms with Crippen molar-refractivity contribution in [3.05, 3.63) is 78.0 Å². The summed E-state index contributed by atoms with van der Waals surface area (Å²) in [6.45, 7) is 5.81. The zero-order valence-corrected chi connectivity index (χ0v) is 17.3. The molecule has 158 valence electrons. The molecule has 3 aromatic rings. The van der Waals surface area contributed by atoms with E-state index in [9.17, 15) is 9.59 Å². The monoisotopic (exact) mass is 418 g/mol. The van der Waals surface area contributed by atoms with E-state index in [1.54, 1.807) is 13.1 Å². The Morgan fingerprint density at radius 2 is 2.00 bits per heavy atom. The first kappa shape index (κ1) is 20.3. The quantitative estimate of drug-likeness (QED) is 0.684. The molecule has 31 heavy (non-hydrogen) atoms. The SMILES string of the molecule is C=C(C)c1ccc2c(c1)OCC(NC(=O)c1nnc(Cc3ccccc3)o1)C(=O)N2C. The van der Waals surface area contributed by atoms with Gasteiger partial charge in [0.2, 0.25) is 5.89 Å². The summed E-state index contributed by atoms with van der Waals surface area (Å²) in [6, 6.07) is 14.2. The number of allylic oxidation sites excluding steroid dienone is 1. The van der Waals surface area contributed by atoms with Gasteiger partial charge in [-0.3, -0.25) is 9.59 Å². The predicted molar refractivity (Wildman–Crippen MR) is 115 cm³/mol. The lowest BCUT2D eigenvalue weighted by atomic mass is 10.1. The topological polar surface area (TPSA) is 97.6 Å². The number of amides is 2. The summed E-state index contributed by atoms with van der Waals surface area (Å²) in [4.78, 5) is 27.0. The largest absolute Gasteiger partial charge is 0.489 e. The van der Waals surface area contributed by atoms with Crippen LogP contribution < -0.4 is 15.0 Å². The minimum Gasteiger partial charge on any atom is -0.489 e. The highest BCUT2D eigenvalue weighted by atomic mass is 16.5. The molecule has 1 unspecified atom stereocenters. The first-order chi connectivity index (χ1) is 14.9. The Hall–Kier alpha value is -3.94. The zero-order valence-electron chi connectivity index (χ0n) is 17.3. The van der Waals surface area contributed by atoms with E-state index in [1.807, 2.05) is 49.4 Å². The molecule has 8 nitrogen and oxygen atoms in total. The van der Waals surface area contributed by atoms with Crippen molar-refractivity contribution in [2.45, 2.75) is 19.4 Å². The van der Waals surface area contributed by atoms with Crippen LogP contribution in [0.2, 0.25) is 0 Å². The van der Waals surface area contributed by atoms with E-state index in [0.717, 1.165) is 16.7 Å². The molecule has 1 aliphatic rings. The number of carbonyl (C=O) groups is 2. The molecule has 2 heterocycles. The Bertz CT molecular complexity index is 1140. The summed E-state index contributed by atoms with van der Waals surface area (Å²) in [5, 5.41) is 10.4. The molecule has 0 aliphatic carbocycles. The zero-order chi connectivity index (χ0) is 22.0. The number of likely N-dealkylation sites (N-methyl/N-ethyl adjacent to an activating group) is 1. The minimum absolute atomic E-state index is 0.0213. The number of nitrogens with one attached hydrogen (secondary N) is 1. The van der Waals surface area contributed by atoms with Gasteiger partial charge in [-0.15, -0.1) is 10.2 Å². The summed E-state index contributed by atoms with van der Waals surface area (Å²) in [5.74, 6) is -0.268. The van der Waals surface area contributed by atoms with Crippen LogP contribution in [0.3, 0.4) is 0 Å². The molecule has 0 bridgehead atoms. The highest BCUT2D eigenvalue weighted by Crippen LogP contribution is 2.33. The summed E-state index contributed by atoms with van der Waals surface area (Å²) >= 11 is 0.